The van der Waals surface area contributed by atoms with Gasteiger partial charge in [-0.05, 0) is 32.6 Å². The van der Waals surface area contributed by atoms with Crippen LogP contribution in [0.4, 0.5) is 10.1 Å². The molecule has 1 unspecified atom stereocenters. The number of hydrogen-bond donors (Lipinski definition) is 1. The van der Waals surface area contributed by atoms with Crippen LogP contribution in [0.5, 0.6) is 0 Å². The first kappa shape index (κ1) is 12.3. The molecular formula is C13H20FN3. The maximum Gasteiger partial charge on any atom is 0.129 e. The van der Waals surface area contributed by atoms with Gasteiger partial charge < -0.3 is 15.5 Å². The molecule has 0 spiro atoms. The molecule has 1 heterocycles. The number of hydrogen-bond acceptors (Lipinski definition) is 3. The van der Waals surface area contributed by atoms with Crippen LogP contribution in [-0.4, -0.2) is 38.1 Å². The number of benzene rings is 1. The molecule has 2 N–H and O–H groups in total. The number of nitrogens with two attached hydrogens (primary N) is 1. The second kappa shape index (κ2) is 5.02. The summed E-state index contributed by atoms with van der Waals surface area (Å²) in [5.74, 6) is -0.196. The van der Waals surface area contributed by atoms with E-state index in [2.05, 4.69) is 23.9 Å². The second-order valence-electron chi connectivity index (χ2n) is 4.79. The lowest BCUT2D eigenvalue weighted by Gasteiger charge is -2.24. The molecule has 1 aliphatic rings. The summed E-state index contributed by atoms with van der Waals surface area (Å²) < 4.78 is 13.6. The van der Waals surface area contributed by atoms with Gasteiger partial charge in [-0.15, -0.1) is 0 Å². The van der Waals surface area contributed by atoms with Crippen LogP contribution in [-0.2, 0) is 6.54 Å². The van der Waals surface area contributed by atoms with Gasteiger partial charge in [0.1, 0.15) is 5.82 Å². The Labute approximate surface area is 102 Å². The fraction of sp³-hybridized carbons (Fsp3) is 0.538. The molecule has 94 valence electrons. The summed E-state index contributed by atoms with van der Waals surface area (Å²) in [6, 6.07) is 5.74. The highest BCUT2D eigenvalue weighted by molar-refractivity contribution is 5.55. The van der Waals surface area contributed by atoms with E-state index in [9.17, 15) is 4.39 Å². The Kier molecular flexibility index (Phi) is 3.64. The lowest BCUT2D eigenvalue weighted by Crippen LogP contribution is -2.32. The zero-order chi connectivity index (χ0) is 12.4. The minimum Gasteiger partial charge on any atom is -0.370 e. The summed E-state index contributed by atoms with van der Waals surface area (Å²) >= 11 is 0. The molecule has 3 nitrogen and oxygen atoms in total. The predicted octanol–water partition coefficient (Wildman–Crippen LogP) is 1.42. The highest BCUT2D eigenvalue weighted by Gasteiger charge is 2.25. The third-order valence-corrected chi connectivity index (χ3v) is 3.53. The third-order valence-electron chi connectivity index (χ3n) is 3.53. The minimum absolute atomic E-state index is 0.196. The van der Waals surface area contributed by atoms with Crippen LogP contribution in [0.2, 0.25) is 0 Å². The van der Waals surface area contributed by atoms with Gasteiger partial charge in [0.05, 0.1) is 0 Å². The van der Waals surface area contributed by atoms with Gasteiger partial charge in [0, 0.05) is 36.9 Å². The normalized spacial score (nSPS) is 20.3. The van der Waals surface area contributed by atoms with Gasteiger partial charge in [-0.25, -0.2) is 4.39 Å². The lowest BCUT2D eigenvalue weighted by molar-refractivity contribution is 0.315. The van der Waals surface area contributed by atoms with Crippen molar-refractivity contribution in [2.45, 2.75) is 19.0 Å². The van der Waals surface area contributed by atoms with Gasteiger partial charge in [-0.2, -0.15) is 0 Å². The van der Waals surface area contributed by atoms with E-state index in [4.69, 9.17) is 5.73 Å². The van der Waals surface area contributed by atoms with Crippen molar-refractivity contribution in [2.24, 2.45) is 5.73 Å². The van der Waals surface area contributed by atoms with Gasteiger partial charge >= 0.3 is 0 Å². The maximum atomic E-state index is 13.6. The summed E-state index contributed by atoms with van der Waals surface area (Å²) in [5, 5.41) is 0. The van der Waals surface area contributed by atoms with E-state index < -0.39 is 0 Å². The Bertz CT molecular complexity index is 392. The fourth-order valence-electron chi connectivity index (χ4n) is 2.43. The van der Waals surface area contributed by atoms with E-state index in [1.807, 2.05) is 6.07 Å². The van der Waals surface area contributed by atoms with Gasteiger partial charge in [-0.3, -0.25) is 0 Å². The quantitative estimate of drug-likeness (QED) is 0.863. The standard InChI is InChI=1S/C13H20FN3/c1-16(2)10-6-7-17(9-10)13-5-3-4-12(14)11(13)8-15/h3-5,10H,6-9,15H2,1-2H3. The van der Waals surface area contributed by atoms with Crippen LogP contribution in [0.1, 0.15) is 12.0 Å². The Balaban J connectivity index is 2.21. The highest BCUT2D eigenvalue weighted by Crippen LogP contribution is 2.27. The summed E-state index contributed by atoms with van der Waals surface area (Å²) in [6.45, 7) is 2.17. The Morgan fingerprint density at radius 3 is 2.82 bits per heavy atom. The van der Waals surface area contributed by atoms with Crippen molar-refractivity contribution in [1.82, 2.24) is 4.90 Å². The molecule has 0 saturated carbocycles. The predicted molar refractivity (Wildman–Crippen MR) is 68.6 cm³/mol. The Morgan fingerprint density at radius 1 is 1.47 bits per heavy atom. The zero-order valence-electron chi connectivity index (χ0n) is 10.5. The maximum absolute atomic E-state index is 13.6. The van der Waals surface area contributed by atoms with E-state index >= 15 is 0 Å². The van der Waals surface area contributed by atoms with E-state index in [1.54, 1.807) is 6.07 Å². The fourth-order valence-corrected chi connectivity index (χ4v) is 2.43. The first-order valence-electron chi connectivity index (χ1n) is 6.02. The highest BCUT2D eigenvalue weighted by atomic mass is 19.1. The van der Waals surface area contributed by atoms with Gasteiger partial charge in [-0.1, -0.05) is 6.07 Å². The molecule has 0 bridgehead atoms. The van der Waals surface area contributed by atoms with Crippen molar-refractivity contribution in [1.29, 1.82) is 0 Å². The van der Waals surface area contributed by atoms with Crippen molar-refractivity contribution in [3.8, 4) is 0 Å². The Morgan fingerprint density at radius 2 is 2.24 bits per heavy atom. The second-order valence-corrected chi connectivity index (χ2v) is 4.79. The van der Waals surface area contributed by atoms with E-state index in [-0.39, 0.29) is 12.4 Å². The van der Waals surface area contributed by atoms with Crippen molar-refractivity contribution < 1.29 is 4.39 Å². The van der Waals surface area contributed by atoms with Crippen LogP contribution in [0.3, 0.4) is 0 Å². The lowest BCUT2D eigenvalue weighted by atomic mass is 10.1. The van der Waals surface area contributed by atoms with Crippen LogP contribution in [0.25, 0.3) is 0 Å². The molecule has 1 aliphatic heterocycles. The topological polar surface area (TPSA) is 32.5 Å². The first-order valence-corrected chi connectivity index (χ1v) is 6.02. The number of rotatable bonds is 3. The molecular weight excluding hydrogens is 217 g/mol. The zero-order valence-corrected chi connectivity index (χ0v) is 10.5. The summed E-state index contributed by atoms with van der Waals surface area (Å²) in [7, 11) is 4.17. The molecule has 1 aromatic carbocycles. The van der Waals surface area contributed by atoms with Crippen LogP contribution in [0, 0.1) is 5.82 Å². The number of halogens is 1. The third kappa shape index (κ3) is 2.42. The van der Waals surface area contributed by atoms with E-state index in [0.717, 1.165) is 25.2 Å². The molecule has 17 heavy (non-hydrogen) atoms. The van der Waals surface area contributed by atoms with Crippen LogP contribution >= 0.6 is 0 Å². The first-order chi connectivity index (χ1) is 8.13. The van der Waals surface area contributed by atoms with E-state index in [0.29, 0.717) is 11.6 Å². The summed E-state index contributed by atoms with van der Waals surface area (Å²) in [6.07, 6.45) is 1.12. The monoisotopic (exact) mass is 237 g/mol. The SMILES string of the molecule is CN(C)C1CCN(c2cccc(F)c2CN)C1. The molecule has 0 radical (unpaired) electrons. The summed E-state index contributed by atoms with van der Waals surface area (Å²) in [4.78, 5) is 4.46. The average molecular weight is 237 g/mol. The van der Waals surface area contributed by atoms with Gasteiger partial charge in [0.15, 0.2) is 0 Å². The molecule has 0 amide bonds. The average Bonchev–Trinajstić information content (AvgIpc) is 2.77. The Hall–Kier alpha value is -1.13. The largest absolute Gasteiger partial charge is 0.370 e. The van der Waals surface area contributed by atoms with Crippen molar-refractivity contribution >= 4 is 5.69 Å². The summed E-state index contributed by atoms with van der Waals surface area (Å²) in [5.41, 5.74) is 7.22. The van der Waals surface area contributed by atoms with Crippen molar-refractivity contribution in [3.05, 3.63) is 29.6 Å². The number of likely N-dealkylation sites (N-methyl/N-ethyl adjacent to an activating group) is 1. The number of anilines is 1. The van der Waals surface area contributed by atoms with Crippen LogP contribution in [0.15, 0.2) is 18.2 Å². The molecule has 1 aromatic rings. The molecule has 1 saturated heterocycles. The minimum atomic E-state index is -0.196. The smallest absolute Gasteiger partial charge is 0.129 e. The molecule has 2 rings (SSSR count). The molecule has 0 aliphatic carbocycles. The molecule has 0 aromatic heterocycles. The molecule has 1 fully saturated rings. The van der Waals surface area contributed by atoms with E-state index in [1.165, 1.54) is 6.07 Å². The van der Waals surface area contributed by atoms with Crippen molar-refractivity contribution in [3.63, 3.8) is 0 Å². The number of nitrogens with zero attached hydrogens (tertiary/aromatic N) is 2. The van der Waals surface area contributed by atoms with Gasteiger partial charge in [0.25, 0.3) is 0 Å². The van der Waals surface area contributed by atoms with Gasteiger partial charge in [0.2, 0.25) is 0 Å². The van der Waals surface area contributed by atoms with Crippen LogP contribution < -0.4 is 10.6 Å². The van der Waals surface area contributed by atoms with Crippen molar-refractivity contribution in [2.75, 3.05) is 32.1 Å². The molecule has 1 atom stereocenters. The molecule has 4 heteroatoms.